The fourth-order valence-corrected chi connectivity index (χ4v) is 5.87. The highest BCUT2D eigenvalue weighted by molar-refractivity contribution is 5.99. The van der Waals surface area contributed by atoms with Crippen molar-refractivity contribution in [3.05, 3.63) is 106 Å². The van der Waals surface area contributed by atoms with E-state index in [0.717, 1.165) is 23.3 Å². The van der Waals surface area contributed by atoms with Gasteiger partial charge in [0, 0.05) is 29.3 Å². The van der Waals surface area contributed by atoms with Crippen molar-refractivity contribution < 1.29 is 40.7 Å². The lowest BCUT2D eigenvalue weighted by atomic mass is 9.83. The van der Waals surface area contributed by atoms with Crippen LogP contribution in [-0.2, 0) is 11.0 Å². The fourth-order valence-electron chi connectivity index (χ4n) is 5.87. The minimum atomic E-state index is -4.98. The van der Waals surface area contributed by atoms with Crippen molar-refractivity contribution in [3.8, 4) is 17.6 Å². The summed E-state index contributed by atoms with van der Waals surface area (Å²) >= 11 is 0. The van der Waals surface area contributed by atoms with Crippen LogP contribution in [0.4, 0.5) is 32.0 Å². The Labute approximate surface area is 242 Å². The Morgan fingerprint density at radius 2 is 1.63 bits per heavy atom. The molecule has 43 heavy (non-hydrogen) atoms. The number of rotatable bonds is 5. The first-order chi connectivity index (χ1) is 20.5. The van der Waals surface area contributed by atoms with Crippen molar-refractivity contribution in [2.45, 2.75) is 25.1 Å². The number of hydrogen-bond donors (Lipinski definition) is 2. The van der Waals surface area contributed by atoms with E-state index in [1.807, 2.05) is 30.3 Å². The maximum absolute atomic E-state index is 14.0. The lowest BCUT2D eigenvalue weighted by Crippen LogP contribution is -2.48. The highest BCUT2D eigenvalue weighted by atomic mass is 19.4. The molecule has 0 aromatic heterocycles. The summed E-state index contributed by atoms with van der Waals surface area (Å²) in [6.45, 7) is 0. The van der Waals surface area contributed by atoms with Gasteiger partial charge in [-0.25, -0.2) is 13.2 Å². The van der Waals surface area contributed by atoms with E-state index in [0.29, 0.717) is 31.0 Å². The summed E-state index contributed by atoms with van der Waals surface area (Å²) < 4.78 is 86.6. The molecular formula is C32H24F6N2O3. The third-order valence-electron chi connectivity index (χ3n) is 7.75. The summed E-state index contributed by atoms with van der Waals surface area (Å²) in [5.74, 6) is -1.49. The third-order valence-corrected chi connectivity index (χ3v) is 7.75. The molecule has 3 aromatic carbocycles. The number of nitrogens with one attached hydrogen (secondary N) is 2. The summed E-state index contributed by atoms with van der Waals surface area (Å²) in [5, 5.41) is 5.19. The van der Waals surface area contributed by atoms with Gasteiger partial charge < -0.3 is 15.4 Å². The molecule has 0 spiro atoms. The number of benzene rings is 3. The Kier molecular flexibility index (Phi) is 8.22. The normalized spacial score (nSPS) is 21.7. The number of allylic oxidation sites excluding steroid dienone is 1. The van der Waals surface area contributed by atoms with Gasteiger partial charge in [0.05, 0.1) is 24.2 Å². The molecule has 2 saturated carbocycles. The van der Waals surface area contributed by atoms with E-state index < -0.39 is 58.9 Å². The Balaban J connectivity index is 1.48. The molecule has 5 nitrogen and oxygen atoms in total. The number of fused-ring (bicyclic) bond motifs is 2. The van der Waals surface area contributed by atoms with Crippen LogP contribution in [0.25, 0.3) is 0 Å². The van der Waals surface area contributed by atoms with E-state index in [-0.39, 0.29) is 22.9 Å². The Morgan fingerprint density at radius 1 is 0.930 bits per heavy atom. The van der Waals surface area contributed by atoms with E-state index in [4.69, 9.17) is 4.74 Å². The second kappa shape index (κ2) is 11.9. The number of carbonyl (C=O) groups is 2. The Morgan fingerprint density at radius 3 is 2.33 bits per heavy atom. The number of hydrogen-bond acceptors (Lipinski definition) is 3. The maximum atomic E-state index is 14.0. The van der Waals surface area contributed by atoms with Gasteiger partial charge in [-0.2, -0.15) is 13.2 Å². The smallest absolute Gasteiger partial charge is 0.419 e. The minimum absolute atomic E-state index is 0.226. The molecule has 0 heterocycles. The van der Waals surface area contributed by atoms with Gasteiger partial charge >= 0.3 is 6.18 Å². The molecule has 0 saturated heterocycles. The molecule has 4 atom stereocenters. The molecule has 2 fully saturated rings. The van der Waals surface area contributed by atoms with E-state index in [1.165, 1.54) is 7.11 Å². The number of halogens is 6. The summed E-state index contributed by atoms with van der Waals surface area (Å²) in [6, 6.07) is 11.8. The van der Waals surface area contributed by atoms with Gasteiger partial charge in [-0.15, -0.1) is 0 Å². The van der Waals surface area contributed by atoms with Gasteiger partial charge in [0.15, 0.2) is 11.6 Å². The SMILES string of the molecule is COc1cc(F)c(F)cc1C(=O)N[C@@H]1C2CCC(/C2=C/C#Cc2ccccc2)[C@@H]1C(=O)Nc1ccc(F)c(C(F)(F)F)c1. The summed E-state index contributed by atoms with van der Waals surface area (Å²) in [4.78, 5) is 26.9. The maximum Gasteiger partial charge on any atom is 0.419 e. The van der Waals surface area contributed by atoms with Crippen molar-refractivity contribution in [1.82, 2.24) is 5.32 Å². The average molecular weight is 599 g/mol. The molecule has 2 aliphatic rings. The van der Waals surface area contributed by atoms with E-state index in [1.54, 1.807) is 6.08 Å². The number of anilines is 1. The summed E-state index contributed by atoms with van der Waals surface area (Å²) in [7, 11) is 1.18. The molecular weight excluding hydrogens is 574 g/mol. The summed E-state index contributed by atoms with van der Waals surface area (Å²) in [6.07, 6.45) is -2.19. The third kappa shape index (κ3) is 6.09. The molecule has 2 unspecified atom stereocenters. The molecule has 0 aliphatic heterocycles. The van der Waals surface area contributed by atoms with Gasteiger partial charge in [-0.05, 0) is 61.2 Å². The van der Waals surface area contributed by atoms with Crippen molar-refractivity contribution in [2.24, 2.45) is 17.8 Å². The van der Waals surface area contributed by atoms with Crippen molar-refractivity contribution in [1.29, 1.82) is 0 Å². The number of ether oxygens (including phenoxy) is 1. The van der Waals surface area contributed by atoms with E-state index >= 15 is 0 Å². The van der Waals surface area contributed by atoms with Crippen LogP contribution in [0, 0.1) is 47.0 Å². The predicted molar refractivity (Wildman–Crippen MR) is 145 cm³/mol. The highest BCUT2D eigenvalue weighted by Crippen LogP contribution is 2.53. The summed E-state index contributed by atoms with van der Waals surface area (Å²) in [5.41, 5.74) is -0.577. The zero-order valence-electron chi connectivity index (χ0n) is 22.6. The molecule has 2 amide bonds. The molecule has 11 heteroatoms. The number of carbonyl (C=O) groups excluding carboxylic acids is 2. The molecule has 2 bridgehead atoms. The second-order valence-corrected chi connectivity index (χ2v) is 10.2. The van der Waals surface area contributed by atoms with Crippen LogP contribution in [0.3, 0.4) is 0 Å². The first-order valence-corrected chi connectivity index (χ1v) is 13.3. The van der Waals surface area contributed by atoms with Crippen LogP contribution in [0.5, 0.6) is 5.75 Å². The number of amides is 2. The highest BCUT2D eigenvalue weighted by Gasteiger charge is 2.54. The number of methoxy groups -OCH3 is 1. The molecule has 5 rings (SSSR count). The molecule has 222 valence electrons. The van der Waals surface area contributed by atoms with Gasteiger partial charge in [-0.1, -0.05) is 35.6 Å². The first kappa shape index (κ1) is 29.8. The quantitative estimate of drug-likeness (QED) is 0.260. The lowest BCUT2D eigenvalue weighted by Gasteiger charge is -2.30. The zero-order valence-corrected chi connectivity index (χ0v) is 22.6. The average Bonchev–Trinajstić information content (AvgIpc) is 3.50. The molecule has 2 aliphatic carbocycles. The molecule has 3 aromatic rings. The van der Waals surface area contributed by atoms with Crippen LogP contribution >= 0.6 is 0 Å². The van der Waals surface area contributed by atoms with Gasteiger partial charge in [0.1, 0.15) is 11.6 Å². The van der Waals surface area contributed by atoms with Crippen LogP contribution in [0.15, 0.2) is 72.3 Å². The Hall–Kier alpha value is -4.72. The van der Waals surface area contributed by atoms with Gasteiger partial charge in [0.2, 0.25) is 5.91 Å². The van der Waals surface area contributed by atoms with Crippen LogP contribution < -0.4 is 15.4 Å². The van der Waals surface area contributed by atoms with Gasteiger partial charge in [0.25, 0.3) is 5.91 Å². The van der Waals surface area contributed by atoms with Crippen molar-refractivity contribution in [2.75, 3.05) is 12.4 Å². The van der Waals surface area contributed by atoms with Crippen LogP contribution in [0.1, 0.15) is 34.3 Å². The monoisotopic (exact) mass is 598 g/mol. The van der Waals surface area contributed by atoms with Crippen molar-refractivity contribution >= 4 is 17.5 Å². The predicted octanol–water partition coefficient (Wildman–Crippen LogP) is 6.50. The molecule has 0 radical (unpaired) electrons. The fraction of sp³-hybridized carbons (Fsp3) is 0.250. The Bertz CT molecular complexity index is 1660. The lowest BCUT2D eigenvalue weighted by molar-refractivity contribution is -0.140. The zero-order chi connectivity index (χ0) is 30.9. The van der Waals surface area contributed by atoms with E-state index in [2.05, 4.69) is 22.5 Å². The standard InChI is InChI=1S/C32H24F6N2O3/c1-43-27-16-26(35)25(34)15-22(27)30(41)40-29-21-12-11-20(19(21)9-5-8-17-6-3-2-4-7-17)28(29)31(42)39-18-10-13-24(33)23(14-18)32(36,37)38/h2-4,6-7,9-10,13-16,20-21,28-29H,11-12H2,1H3,(H,39,42)(H,40,41)/b19-9-/t20?,21?,28-,29+/m0/s1. The first-order valence-electron chi connectivity index (χ1n) is 13.3. The van der Waals surface area contributed by atoms with Crippen LogP contribution in [0.2, 0.25) is 0 Å². The topological polar surface area (TPSA) is 67.4 Å². The largest absolute Gasteiger partial charge is 0.496 e. The van der Waals surface area contributed by atoms with Crippen LogP contribution in [-0.4, -0.2) is 25.0 Å². The minimum Gasteiger partial charge on any atom is -0.496 e. The molecule has 2 N–H and O–H groups in total. The number of alkyl halides is 3. The van der Waals surface area contributed by atoms with Gasteiger partial charge in [-0.3, -0.25) is 9.59 Å². The van der Waals surface area contributed by atoms with E-state index in [9.17, 15) is 35.9 Å². The van der Waals surface area contributed by atoms with Crippen molar-refractivity contribution in [3.63, 3.8) is 0 Å². The second-order valence-electron chi connectivity index (χ2n) is 10.2.